The topological polar surface area (TPSA) is 35.8 Å². The van der Waals surface area contributed by atoms with Crippen molar-refractivity contribution in [1.29, 1.82) is 5.26 Å². The molecule has 0 spiro atoms. The van der Waals surface area contributed by atoms with Crippen molar-refractivity contribution in [2.45, 2.75) is 36.6 Å². The highest BCUT2D eigenvalue weighted by molar-refractivity contribution is 7.99. The first-order chi connectivity index (χ1) is 9.22. The second-order valence-electron chi connectivity index (χ2n) is 5.00. The normalized spacial score (nSPS) is 17.7. The SMILES string of the molecule is CCCNC(C#N)(CSc1ccccc1F)C1CC1. The van der Waals surface area contributed by atoms with Crippen LogP contribution in [0.3, 0.4) is 0 Å². The van der Waals surface area contributed by atoms with Gasteiger partial charge in [0.15, 0.2) is 0 Å². The van der Waals surface area contributed by atoms with Crippen molar-refractivity contribution in [3.05, 3.63) is 30.1 Å². The van der Waals surface area contributed by atoms with Gasteiger partial charge >= 0.3 is 0 Å². The number of nitrogens with one attached hydrogen (secondary N) is 1. The van der Waals surface area contributed by atoms with Crippen LogP contribution in [0.4, 0.5) is 4.39 Å². The Hall–Kier alpha value is -1.05. The Labute approximate surface area is 118 Å². The molecule has 1 aromatic rings. The van der Waals surface area contributed by atoms with Crippen LogP contribution in [0.1, 0.15) is 26.2 Å². The highest BCUT2D eigenvalue weighted by atomic mass is 32.2. The summed E-state index contributed by atoms with van der Waals surface area (Å²) >= 11 is 1.44. The zero-order valence-corrected chi connectivity index (χ0v) is 12.0. The van der Waals surface area contributed by atoms with Crippen LogP contribution < -0.4 is 5.32 Å². The molecular weight excluding hydrogens is 259 g/mol. The van der Waals surface area contributed by atoms with Gasteiger partial charge in [-0.3, -0.25) is 5.32 Å². The van der Waals surface area contributed by atoms with Gasteiger partial charge in [-0.1, -0.05) is 19.1 Å². The number of nitrogens with zero attached hydrogens (tertiary/aromatic N) is 1. The molecule has 0 saturated heterocycles. The minimum absolute atomic E-state index is 0.203. The molecule has 1 aliphatic rings. The molecule has 0 aromatic heterocycles. The van der Waals surface area contributed by atoms with Crippen molar-refractivity contribution in [1.82, 2.24) is 5.32 Å². The van der Waals surface area contributed by atoms with Crippen LogP contribution in [0.15, 0.2) is 29.2 Å². The molecule has 1 saturated carbocycles. The molecule has 4 heteroatoms. The van der Waals surface area contributed by atoms with Gasteiger partial charge < -0.3 is 0 Å². The Morgan fingerprint density at radius 2 is 2.21 bits per heavy atom. The zero-order chi connectivity index (χ0) is 13.7. The molecule has 1 fully saturated rings. The quantitative estimate of drug-likeness (QED) is 0.774. The molecular formula is C15H19FN2S. The third-order valence-electron chi connectivity index (χ3n) is 3.46. The molecule has 19 heavy (non-hydrogen) atoms. The van der Waals surface area contributed by atoms with Crippen molar-refractivity contribution in [2.75, 3.05) is 12.3 Å². The molecule has 0 heterocycles. The highest BCUT2D eigenvalue weighted by Crippen LogP contribution is 2.42. The van der Waals surface area contributed by atoms with E-state index in [1.165, 1.54) is 17.8 Å². The summed E-state index contributed by atoms with van der Waals surface area (Å²) in [4.78, 5) is 0.626. The van der Waals surface area contributed by atoms with Gasteiger partial charge in [0.25, 0.3) is 0 Å². The first-order valence-electron chi connectivity index (χ1n) is 6.75. The molecule has 2 rings (SSSR count). The lowest BCUT2D eigenvalue weighted by Gasteiger charge is -2.27. The van der Waals surface area contributed by atoms with Crippen molar-refractivity contribution in [3.63, 3.8) is 0 Å². The van der Waals surface area contributed by atoms with E-state index in [1.807, 2.05) is 6.07 Å². The lowest BCUT2D eigenvalue weighted by molar-refractivity contribution is 0.405. The smallest absolute Gasteiger partial charge is 0.136 e. The number of halogens is 1. The number of hydrogen-bond donors (Lipinski definition) is 1. The van der Waals surface area contributed by atoms with Gasteiger partial charge in [0.05, 0.1) is 6.07 Å². The summed E-state index contributed by atoms with van der Waals surface area (Å²) in [6.07, 6.45) is 3.20. The van der Waals surface area contributed by atoms with Crippen molar-refractivity contribution in [3.8, 4) is 6.07 Å². The molecule has 102 valence electrons. The fraction of sp³-hybridized carbons (Fsp3) is 0.533. The molecule has 1 N–H and O–H groups in total. The molecule has 0 aliphatic heterocycles. The molecule has 1 unspecified atom stereocenters. The van der Waals surface area contributed by atoms with Crippen molar-refractivity contribution >= 4 is 11.8 Å². The summed E-state index contributed by atoms with van der Waals surface area (Å²) in [6.45, 7) is 2.92. The van der Waals surface area contributed by atoms with E-state index in [4.69, 9.17) is 0 Å². The largest absolute Gasteiger partial charge is 0.298 e. The molecule has 0 amide bonds. The lowest BCUT2D eigenvalue weighted by atomic mass is 9.97. The standard InChI is InChI=1S/C15H19FN2S/c1-2-9-18-15(10-17,12-7-8-12)11-19-14-6-4-3-5-13(14)16/h3-6,12,18H,2,7-9,11H2,1H3. The highest BCUT2D eigenvalue weighted by Gasteiger charge is 2.45. The predicted octanol–water partition coefficient (Wildman–Crippen LogP) is 3.59. The molecule has 1 aliphatic carbocycles. The van der Waals surface area contributed by atoms with Gasteiger partial charge in [-0.25, -0.2) is 4.39 Å². The maximum Gasteiger partial charge on any atom is 0.136 e. The number of nitriles is 1. The minimum atomic E-state index is -0.497. The second-order valence-corrected chi connectivity index (χ2v) is 6.02. The Bertz CT molecular complexity index is 467. The number of benzene rings is 1. The molecule has 2 nitrogen and oxygen atoms in total. The van der Waals surface area contributed by atoms with Gasteiger partial charge in [-0.2, -0.15) is 5.26 Å². The maximum absolute atomic E-state index is 13.6. The van der Waals surface area contributed by atoms with Gasteiger partial charge in [-0.15, -0.1) is 11.8 Å². The van der Waals surface area contributed by atoms with E-state index < -0.39 is 5.54 Å². The van der Waals surface area contributed by atoms with Gasteiger partial charge in [0, 0.05) is 10.6 Å². The number of rotatable bonds is 7. The maximum atomic E-state index is 13.6. The molecule has 1 aromatic carbocycles. The van der Waals surface area contributed by atoms with Gasteiger partial charge in [0.1, 0.15) is 11.4 Å². The summed E-state index contributed by atoms with van der Waals surface area (Å²) in [7, 11) is 0. The van der Waals surface area contributed by atoms with Crippen LogP contribution in [-0.4, -0.2) is 17.8 Å². The van der Waals surface area contributed by atoms with Gasteiger partial charge in [0.2, 0.25) is 0 Å². The Morgan fingerprint density at radius 1 is 1.47 bits per heavy atom. The third-order valence-corrected chi connectivity index (χ3v) is 4.70. The van der Waals surface area contributed by atoms with Crippen LogP contribution in [0, 0.1) is 23.1 Å². The molecule has 1 atom stereocenters. The van der Waals surface area contributed by atoms with Crippen LogP contribution in [0.25, 0.3) is 0 Å². The Morgan fingerprint density at radius 3 is 2.79 bits per heavy atom. The average molecular weight is 278 g/mol. The monoisotopic (exact) mass is 278 g/mol. The van der Waals surface area contributed by atoms with Crippen molar-refractivity contribution < 1.29 is 4.39 Å². The van der Waals surface area contributed by atoms with E-state index in [1.54, 1.807) is 12.1 Å². The summed E-state index contributed by atoms with van der Waals surface area (Å²) in [5, 5.41) is 12.9. The van der Waals surface area contributed by atoms with Crippen LogP contribution in [0.5, 0.6) is 0 Å². The van der Waals surface area contributed by atoms with E-state index in [9.17, 15) is 9.65 Å². The van der Waals surface area contributed by atoms with E-state index in [2.05, 4.69) is 18.3 Å². The molecule has 0 radical (unpaired) electrons. The summed E-state index contributed by atoms with van der Waals surface area (Å²) in [6, 6.07) is 9.20. The minimum Gasteiger partial charge on any atom is -0.298 e. The predicted molar refractivity (Wildman–Crippen MR) is 76.5 cm³/mol. The second kappa shape index (κ2) is 6.40. The van der Waals surface area contributed by atoms with E-state index in [-0.39, 0.29) is 5.82 Å². The van der Waals surface area contributed by atoms with E-state index in [0.717, 1.165) is 25.8 Å². The summed E-state index contributed by atoms with van der Waals surface area (Å²) < 4.78 is 13.6. The number of hydrogen-bond acceptors (Lipinski definition) is 3. The Kier molecular flexibility index (Phi) is 4.84. The third kappa shape index (κ3) is 3.49. The average Bonchev–Trinajstić information content (AvgIpc) is 3.26. The summed E-state index contributed by atoms with van der Waals surface area (Å²) in [5.74, 6) is 0.823. The number of thioether (sulfide) groups is 1. The summed E-state index contributed by atoms with van der Waals surface area (Å²) in [5.41, 5.74) is -0.497. The lowest BCUT2D eigenvalue weighted by Crippen LogP contribution is -2.48. The van der Waals surface area contributed by atoms with E-state index >= 15 is 0 Å². The first kappa shape index (κ1) is 14.4. The Balaban J connectivity index is 2.04. The van der Waals surface area contributed by atoms with Crippen LogP contribution in [0.2, 0.25) is 0 Å². The first-order valence-corrected chi connectivity index (χ1v) is 7.74. The van der Waals surface area contributed by atoms with E-state index in [0.29, 0.717) is 16.6 Å². The molecule has 0 bridgehead atoms. The zero-order valence-electron chi connectivity index (χ0n) is 11.2. The fourth-order valence-electron chi connectivity index (χ4n) is 2.15. The van der Waals surface area contributed by atoms with Gasteiger partial charge in [-0.05, 0) is 43.9 Å². The van der Waals surface area contributed by atoms with Crippen LogP contribution in [-0.2, 0) is 0 Å². The fourth-order valence-corrected chi connectivity index (χ4v) is 3.32. The van der Waals surface area contributed by atoms with Crippen molar-refractivity contribution in [2.24, 2.45) is 5.92 Å². The van der Waals surface area contributed by atoms with Crippen LogP contribution >= 0.6 is 11.8 Å².